The second kappa shape index (κ2) is 6.25. The van der Waals surface area contributed by atoms with Crippen LogP contribution in [0.1, 0.15) is 5.56 Å². The van der Waals surface area contributed by atoms with Crippen LogP contribution < -0.4 is 9.46 Å². The molecule has 0 atom stereocenters. The van der Waals surface area contributed by atoms with Crippen LogP contribution in [0.3, 0.4) is 0 Å². The fourth-order valence-electron chi connectivity index (χ4n) is 1.73. The van der Waals surface area contributed by atoms with E-state index in [0.717, 1.165) is 5.56 Å². The third-order valence-corrected chi connectivity index (χ3v) is 5.38. The molecule has 0 aliphatic heterocycles. The van der Waals surface area contributed by atoms with Crippen LogP contribution >= 0.6 is 27.5 Å². The Hall–Kier alpha value is -1.24. The number of nitrogens with one attached hydrogen (secondary N) is 1. The second-order valence-electron chi connectivity index (χ2n) is 4.39. The van der Waals surface area contributed by atoms with Crippen molar-refractivity contribution in [3.8, 4) is 5.75 Å². The van der Waals surface area contributed by atoms with E-state index in [4.69, 9.17) is 16.3 Å². The largest absolute Gasteiger partial charge is 0.495 e. The first-order valence-corrected chi connectivity index (χ1v) is 8.61. The average molecular weight is 391 g/mol. The maximum atomic E-state index is 12.4. The lowest BCUT2D eigenvalue weighted by atomic mass is 10.2. The number of aryl methyl sites for hydroxylation is 1. The molecule has 2 aromatic rings. The van der Waals surface area contributed by atoms with Crippen LogP contribution in [-0.2, 0) is 10.0 Å². The number of benzene rings is 2. The van der Waals surface area contributed by atoms with Crippen molar-refractivity contribution in [2.45, 2.75) is 11.8 Å². The van der Waals surface area contributed by atoms with Crippen molar-refractivity contribution in [2.24, 2.45) is 0 Å². The van der Waals surface area contributed by atoms with Crippen molar-refractivity contribution in [3.63, 3.8) is 0 Å². The van der Waals surface area contributed by atoms with Gasteiger partial charge in [-0.15, -0.1) is 0 Å². The highest BCUT2D eigenvalue weighted by Gasteiger charge is 2.17. The lowest BCUT2D eigenvalue weighted by molar-refractivity contribution is 0.416. The topological polar surface area (TPSA) is 55.4 Å². The molecule has 4 nitrogen and oxygen atoms in total. The zero-order valence-electron chi connectivity index (χ0n) is 11.4. The number of rotatable bonds is 4. The summed E-state index contributed by atoms with van der Waals surface area (Å²) >= 11 is 9.09. The van der Waals surface area contributed by atoms with E-state index in [-0.39, 0.29) is 4.90 Å². The van der Waals surface area contributed by atoms with Crippen LogP contribution in [0.15, 0.2) is 45.8 Å². The van der Waals surface area contributed by atoms with Gasteiger partial charge in [0.2, 0.25) is 0 Å². The van der Waals surface area contributed by atoms with Gasteiger partial charge < -0.3 is 4.74 Å². The Morgan fingerprint density at radius 2 is 1.90 bits per heavy atom. The predicted octanol–water partition coefficient (Wildman–Crippen LogP) is 4.22. The van der Waals surface area contributed by atoms with E-state index in [1.54, 1.807) is 18.2 Å². The number of sulfonamides is 1. The molecule has 2 aromatic carbocycles. The van der Waals surface area contributed by atoms with Gasteiger partial charge in [0, 0.05) is 4.47 Å². The molecule has 0 unspecified atom stereocenters. The first-order chi connectivity index (χ1) is 9.83. The molecular weight excluding hydrogens is 378 g/mol. The van der Waals surface area contributed by atoms with Gasteiger partial charge in [0.15, 0.2) is 0 Å². The zero-order valence-corrected chi connectivity index (χ0v) is 14.5. The summed E-state index contributed by atoms with van der Waals surface area (Å²) in [5, 5.41) is 0.446. The van der Waals surface area contributed by atoms with Gasteiger partial charge in [-0.2, -0.15) is 0 Å². The van der Waals surface area contributed by atoms with Crippen molar-refractivity contribution >= 4 is 43.2 Å². The number of anilines is 1. The number of hydrogen-bond donors (Lipinski definition) is 1. The molecule has 1 N–H and O–H groups in total. The molecule has 0 heterocycles. The summed E-state index contributed by atoms with van der Waals surface area (Å²) in [6.07, 6.45) is 0. The number of methoxy groups -OCH3 is 1. The molecular formula is C14H13BrClNO3S. The summed E-state index contributed by atoms with van der Waals surface area (Å²) in [4.78, 5) is 0.112. The van der Waals surface area contributed by atoms with Gasteiger partial charge in [0.05, 0.1) is 22.7 Å². The van der Waals surface area contributed by atoms with Crippen LogP contribution in [0.4, 0.5) is 5.69 Å². The molecule has 0 fully saturated rings. The first-order valence-electron chi connectivity index (χ1n) is 5.96. The molecule has 21 heavy (non-hydrogen) atoms. The lowest BCUT2D eigenvalue weighted by Gasteiger charge is -2.13. The predicted molar refractivity (Wildman–Crippen MR) is 87.7 cm³/mol. The fourth-order valence-corrected chi connectivity index (χ4v) is 3.47. The highest BCUT2D eigenvalue weighted by atomic mass is 79.9. The Morgan fingerprint density at radius 1 is 1.19 bits per heavy atom. The maximum absolute atomic E-state index is 12.4. The molecule has 0 aromatic heterocycles. The molecule has 0 amide bonds. The number of ether oxygens (including phenoxy) is 1. The van der Waals surface area contributed by atoms with Gasteiger partial charge in [-0.3, -0.25) is 4.72 Å². The number of halogens is 2. The Bertz CT molecular complexity index is 778. The molecule has 0 saturated heterocycles. The average Bonchev–Trinajstić information content (AvgIpc) is 2.43. The van der Waals surface area contributed by atoms with E-state index in [1.807, 2.05) is 6.92 Å². The summed E-state index contributed by atoms with van der Waals surface area (Å²) in [6.45, 7) is 1.90. The third-order valence-electron chi connectivity index (χ3n) is 2.80. The molecule has 112 valence electrons. The lowest BCUT2D eigenvalue weighted by Crippen LogP contribution is -2.13. The van der Waals surface area contributed by atoms with Crippen LogP contribution in [0.5, 0.6) is 5.75 Å². The van der Waals surface area contributed by atoms with Crippen molar-refractivity contribution in [2.75, 3.05) is 11.8 Å². The van der Waals surface area contributed by atoms with E-state index < -0.39 is 10.0 Å². The molecule has 0 bridgehead atoms. The number of hydrogen-bond acceptors (Lipinski definition) is 3. The summed E-state index contributed by atoms with van der Waals surface area (Å²) in [7, 11) is -2.23. The Morgan fingerprint density at radius 3 is 2.52 bits per heavy atom. The Balaban J connectivity index is 2.39. The van der Waals surface area contributed by atoms with Crippen molar-refractivity contribution in [1.29, 1.82) is 0 Å². The van der Waals surface area contributed by atoms with Crippen LogP contribution in [0, 0.1) is 6.92 Å². The molecule has 0 saturated carbocycles. The van der Waals surface area contributed by atoms with Crippen molar-refractivity contribution < 1.29 is 13.2 Å². The monoisotopic (exact) mass is 389 g/mol. The smallest absolute Gasteiger partial charge is 0.262 e. The van der Waals surface area contributed by atoms with Crippen molar-refractivity contribution in [3.05, 3.63) is 51.5 Å². The van der Waals surface area contributed by atoms with Gasteiger partial charge in [0.1, 0.15) is 5.75 Å². The summed E-state index contributed by atoms with van der Waals surface area (Å²) in [5.41, 5.74) is 1.36. The highest BCUT2D eigenvalue weighted by molar-refractivity contribution is 9.10. The maximum Gasteiger partial charge on any atom is 0.262 e. The summed E-state index contributed by atoms with van der Waals surface area (Å²) in [5.74, 6) is 0.464. The van der Waals surface area contributed by atoms with E-state index in [1.165, 1.54) is 25.3 Å². The van der Waals surface area contributed by atoms with Gasteiger partial charge in [-0.1, -0.05) is 17.7 Å². The minimum Gasteiger partial charge on any atom is -0.495 e. The molecule has 7 heteroatoms. The van der Waals surface area contributed by atoms with Gasteiger partial charge in [-0.25, -0.2) is 8.42 Å². The van der Waals surface area contributed by atoms with E-state index in [9.17, 15) is 8.42 Å². The molecule has 0 aliphatic rings. The van der Waals surface area contributed by atoms with E-state index >= 15 is 0 Å². The highest BCUT2D eigenvalue weighted by Crippen LogP contribution is 2.30. The SMILES string of the molecule is COc1cc(C)ccc1NS(=O)(=O)c1ccc(Cl)c(Br)c1. The fraction of sp³-hybridized carbons (Fsp3) is 0.143. The molecule has 0 spiro atoms. The molecule has 0 aliphatic carbocycles. The zero-order chi connectivity index (χ0) is 15.6. The Labute approximate surface area is 137 Å². The minimum atomic E-state index is -3.72. The van der Waals surface area contributed by atoms with Crippen LogP contribution in [-0.4, -0.2) is 15.5 Å². The molecule has 0 radical (unpaired) electrons. The van der Waals surface area contributed by atoms with Gasteiger partial charge >= 0.3 is 0 Å². The van der Waals surface area contributed by atoms with E-state index in [0.29, 0.717) is 20.9 Å². The summed E-state index contributed by atoms with van der Waals surface area (Å²) in [6, 6.07) is 9.64. The third kappa shape index (κ3) is 3.70. The first kappa shape index (κ1) is 16.1. The van der Waals surface area contributed by atoms with Crippen LogP contribution in [0.2, 0.25) is 5.02 Å². The Kier molecular flexibility index (Phi) is 4.81. The van der Waals surface area contributed by atoms with Gasteiger partial charge in [0.25, 0.3) is 10.0 Å². The molecule has 2 rings (SSSR count). The second-order valence-corrected chi connectivity index (χ2v) is 7.33. The quantitative estimate of drug-likeness (QED) is 0.850. The van der Waals surface area contributed by atoms with E-state index in [2.05, 4.69) is 20.7 Å². The normalized spacial score (nSPS) is 11.2. The standard InChI is InChI=1S/C14H13BrClNO3S/c1-9-3-6-13(14(7-9)20-2)17-21(18,19)10-4-5-12(16)11(15)8-10/h3-8,17H,1-2H3. The minimum absolute atomic E-state index is 0.112. The summed E-state index contributed by atoms with van der Waals surface area (Å²) < 4.78 is 33.0. The van der Waals surface area contributed by atoms with Crippen molar-refractivity contribution in [1.82, 2.24) is 0 Å². The van der Waals surface area contributed by atoms with Crippen LogP contribution in [0.25, 0.3) is 0 Å². The van der Waals surface area contributed by atoms with Gasteiger partial charge in [-0.05, 0) is 58.7 Å².